The number of amides is 2. The number of carbonyl (C=O) groups is 2. The molecule has 0 aliphatic carbocycles. The summed E-state index contributed by atoms with van der Waals surface area (Å²) in [5, 5.41) is 5.45. The maximum atomic E-state index is 12.2. The van der Waals surface area contributed by atoms with Crippen molar-refractivity contribution in [3.63, 3.8) is 0 Å². The van der Waals surface area contributed by atoms with Crippen LogP contribution in [0.5, 0.6) is 0 Å². The van der Waals surface area contributed by atoms with E-state index in [2.05, 4.69) is 15.4 Å². The van der Waals surface area contributed by atoms with Crippen LogP contribution in [0.25, 0.3) is 0 Å². The molecule has 0 aromatic heterocycles. The van der Waals surface area contributed by atoms with Crippen LogP contribution in [-0.2, 0) is 21.4 Å². The van der Waals surface area contributed by atoms with E-state index in [1.165, 1.54) is 31.2 Å². The van der Waals surface area contributed by atoms with Crippen molar-refractivity contribution in [3.8, 4) is 0 Å². The van der Waals surface area contributed by atoms with Gasteiger partial charge in [-0.2, -0.15) is 0 Å². The largest absolute Gasteiger partial charge is 0.348 e. The number of carbonyl (C=O) groups excluding carboxylic acids is 2. The summed E-state index contributed by atoms with van der Waals surface area (Å²) in [7, 11) is -3.35. The number of nitrogens with one attached hydrogen (secondary N) is 3. The Hall–Kier alpha value is -2.87. The molecule has 0 saturated carbocycles. The lowest BCUT2D eigenvalue weighted by molar-refractivity contribution is -0.114. The van der Waals surface area contributed by atoms with Gasteiger partial charge in [0.15, 0.2) is 0 Å². The van der Waals surface area contributed by atoms with Gasteiger partial charge in [-0.3, -0.25) is 14.3 Å². The summed E-state index contributed by atoms with van der Waals surface area (Å²) in [6.07, 6.45) is 1.06. The van der Waals surface area contributed by atoms with Gasteiger partial charge in [0.1, 0.15) is 0 Å². The standard InChI is InChI=1S/C17H19N3O4S/c1-12(21)19-16-5-3-4-13(10-16)11-18-17(22)14-6-8-15(9-7-14)20-25(2,23)24/h3-10,20H,11H2,1-2H3,(H,18,22)(H,19,21). The Morgan fingerprint density at radius 1 is 1.00 bits per heavy atom. The zero-order valence-corrected chi connectivity index (χ0v) is 14.7. The van der Waals surface area contributed by atoms with Crippen molar-refractivity contribution in [2.45, 2.75) is 13.5 Å². The van der Waals surface area contributed by atoms with Gasteiger partial charge in [0.05, 0.1) is 6.26 Å². The van der Waals surface area contributed by atoms with Crippen molar-refractivity contribution < 1.29 is 18.0 Å². The van der Waals surface area contributed by atoms with E-state index in [1.54, 1.807) is 18.2 Å². The van der Waals surface area contributed by atoms with Crippen molar-refractivity contribution in [3.05, 3.63) is 59.7 Å². The average molecular weight is 361 g/mol. The van der Waals surface area contributed by atoms with Gasteiger partial charge < -0.3 is 10.6 Å². The van der Waals surface area contributed by atoms with E-state index in [9.17, 15) is 18.0 Å². The summed E-state index contributed by atoms with van der Waals surface area (Å²) in [5.74, 6) is -0.445. The third kappa shape index (κ3) is 6.27. The molecule has 8 heteroatoms. The minimum Gasteiger partial charge on any atom is -0.348 e. The van der Waals surface area contributed by atoms with Gasteiger partial charge >= 0.3 is 0 Å². The van der Waals surface area contributed by atoms with Crippen LogP contribution in [0.4, 0.5) is 11.4 Å². The molecular weight excluding hydrogens is 342 g/mol. The lowest BCUT2D eigenvalue weighted by Gasteiger charge is -2.09. The second-order valence-corrected chi connectivity index (χ2v) is 7.26. The molecule has 0 radical (unpaired) electrons. The lowest BCUT2D eigenvalue weighted by Crippen LogP contribution is -2.22. The molecule has 25 heavy (non-hydrogen) atoms. The van der Waals surface area contributed by atoms with Crippen LogP contribution in [0, 0.1) is 0 Å². The van der Waals surface area contributed by atoms with E-state index in [-0.39, 0.29) is 11.8 Å². The number of hydrogen-bond acceptors (Lipinski definition) is 4. The first-order chi connectivity index (χ1) is 11.7. The van der Waals surface area contributed by atoms with Crippen LogP contribution in [0.3, 0.4) is 0 Å². The molecule has 0 unspecified atom stereocenters. The Morgan fingerprint density at radius 2 is 1.68 bits per heavy atom. The number of benzene rings is 2. The first-order valence-corrected chi connectivity index (χ1v) is 9.35. The minimum absolute atomic E-state index is 0.163. The van der Waals surface area contributed by atoms with Crippen molar-refractivity contribution in [2.75, 3.05) is 16.3 Å². The minimum atomic E-state index is -3.35. The summed E-state index contributed by atoms with van der Waals surface area (Å²) in [4.78, 5) is 23.2. The highest BCUT2D eigenvalue weighted by Gasteiger charge is 2.07. The molecule has 0 spiro atoms. The van der Waals surface area contributed by atoms with Crippen molar-refractivity contribution in [2.24, 2.45) is 0 Å². The molecule has 2 rings (SSSR count). The van der Waals surface area contributed by atoms with Crippen molar-refractivity contribution in [1.82, 2.24) is 5.32 Å². The molecular formula is C17H19N3O4S. The molecule has 0 aliphatic rings. The topological polar surface area (TPSA) is 104 Å². The second kappa shape index (κ2) is 7.80. The van der Waals surface area contributed by atoms with E-state index in [0.29, 0.717) is 23.5 Å². The predicted molar refractivity (Wildman–Crippen MR) is 96.8 cm³/mol. The monoisotopic (exact) mass is 361 g/mol. The van der Waals surface area contributed by atoms with Gasteiger partial charge in [-0.25, -0.2) is 8.42 Å². The zero-order chi connectivity index (χ0) is 18.4. The number of sulfonamides is 1. The highest BCUT2D eigenvalue weighted by molar-refractivity contribution is 7.92. The SMILES string of the molecule is CC(=O)Nc1cccc(CNC(=O)c2ccc(NS(C)(=O)=O)cc2)c1. The summed E-state index contributed by atoms with van der Waals surface area (Å²) in [6.45, 7) is 1.73. The molecule has 3 N–H and O–H groups in total. The summed E-state index contributed by atoms with van der Waals surface area (Å²) in [6, 6.07) is 13.3. The maximum Gasteiger partial charge on any atom is 0.251 e. The molecule has 0 fully saturated rings. The van der Waals surface area contributed by atoms with Crippen LogP contribution in [-0.4, -0.2) is 26.5 Å². The molecule has 0 atom stereocenters. The fourth-order valence-electron chi connectivity index (χ4n) is 2.15. The Bertz CT molecular complexity index is 877. The van der Waals surface area contributed by atoms with Crippen molar-refractivity contribution in [1.29, 1.82) is 0 Å². The van der Waals surface area contributed by atoms with Gasteiger partial charge in [0.2, 0.25) is 15.9 Å². The first kappa shape index (κ1) is 18.5. The summed E-state index contributed by atoms with van der Waals surface area (Å²) in [5.41, 5.74) is 2.31. The zero-order valence-electron chi connectivity index (χ0n) is 13.9. The average Bonchev–Trinajstić information content (AvgIpc) is 2.51. The molecule has 0 aliphatic heterocycles. The van der Waals surface area contributed by atoms with Gasteiger partial charge in [0.25, 0.3) is 5.91 Å². The van der Waals surface area contributed by atoms with Crippen molar-refractivity contribution >= 4 is 33.2 Å². The molecule has 2 aromatic carbocycles. The second-order valence-electron chi connectivity index (χ2n) is 5.52. The molecule has 132 valence electrons. The van der Waals surface area contributed by atoms with E-state index in [4.69, 9.17) is 0 Å². The fourth-order valence-corrected chi connectivity index (χ4v) is 2.71. The van der Waals surface area contributed by atoms with Crippen LogP contribution >= 0.6 is 0 Å². The highest BCUT2D eigenvalue weighted by atomic mass is 32.2. The normalized spacial score (nSPS) is 10.8. The van der Waals surface area contributed by atoms with Gasteiger partial charge in [-0.15, -0.1) is 0 Å². The van der Waals surface area contributed by atoms with E-state index in [1.807, 2.05) is 6.07 Å². The Labute approximate surface area is 146 Å². The van der Waals surface area contributed by atoms with Gasteiger partial charge in [-0.1, -0.05) is 12.1 Å². The number of anilines is 2. The van der Waals surface area contributed by atoms with Crippen LogP contribution in [0.1, 0.15) is 22.8 Å². The Morgan fingerprint density at radius 3 is 2.28 bits per heavy atom. The van der Waals surface area contributed by atoms with Gasteiger partial charge in [-0.05, 0) is 42.0 Å². The predicted octanol–water partition coefficient (Wildman–Crippen LogP) is 1.95. The van der Waals surface area contributed by atoms with Crippen LogP contribution in [0.15, 0.2) is 48.5 Å². The summed E-state index contributed by atoms with van der Waals surface area (Å²) >= 11 is 0. The molecule has 0 heterocycles. The third-order valence-corrected chi connectivity index (χ3v) is 3.76. The number of hydrogen-bond donors (Lipinski definition) is 3. The molecule has 0 bridgehead atoms. The quantitative estimate of drug-likeness (QED) is 0.731. The number of rotatable bonds is 6. The van der Waals surface area contributed by atoms with E-state index >= 15 is 0 Å². The van der Waals surface area contributed by atoms with Crippen LogP contribution < -0.4 is 15.4 Å². The lowest BCUT2D eigenvalue weighted by atomic mass is 10.1. The first-order valence-electron chi connectivity index (χ1n) is 7.45. The van der Waals surface area contributed by atoms with E-state index < -0.39 is 10.0 Å². The van der Waals surface area contributed by atoms with Gasteiger partial charge in [0, 0.05) is 30.4 Å². The van der Waals surface area contributed by atoms with E-state index in [0.717, 1.165) is 11.8 Å². The third-order valence-electron chi connectivity index (χ3n) is 3.15. The highest BCUT2D eigenvalue weighted by Crippen LogP contribution is 2.12. The maximum absolute atomic E-state index is 12.2. The Kier molecular flexibility index (Phi) is 5.76. The summed E-state index contributed by atoms with van der Waals surface area (Å²) < 4.78 is 24.6. The van der Waals surface area contributed by atoms with Crippen LogP contribution in [0.2, 0.25) is 0 Å². The molecule has 0 saturated heterocycles. The Balaban J connectivity index is 1.97. The molecule has 2 aromatic rings. The fraction of sp³-hybridized carbons (Fsp3) is 0.176. The smallest absolute Gasteiger partial charge is 0.251 e. The molecule has 2 amide bonds. The molecule has 7 nitrogen and oxygen atoms in total.